The molecule has 0 aliphatic carbocycles. The third-order valence-electron chi connectivity index (χ3n) is 5.00. The molecule has 1 saturated heterocycles. The first-order valence-electron chi connectivity index (χ1n) is 9.31. The van der Waals surface area contributed by atoms with Crippen LogP contribution in [0.15, 0.2) is 43.0 Å². The van der Waals surface area contributed by atoms with E-state index in [1.165, 1.54) is 5.56 Å². The molecule has 5 heteroatoms. The number of ether oxygens (including phenoxy) is 3. The average molecular weight is 358 g/mol. The smallest absolute Gasteiger partial charge is 0.186 e. The average Bonchev–Trinajstić information content (AvgIpc) is 3.13. The van der Waals surface area contributed by atoms with Crippen LogP contribution in [0, 0.1) is 5.41 Å². The highest BCUT2D eigenvalue weighted by Crippen LogP contribution is 2.37. The lowest BCUT2D eigenvalue weighted by Crippen LogP contribution is -2.51. The summed E-state index contributed by atoms with van der Waals surface area (Å²) >= 11 is 0. The molecule has 2 heterocycles. The summed E-state index contributed by atoms with van der Waals surface area (Å²) < 4.78 is 20.1. The van der Waals surface area contributed by atoms with Gasteiger partial charge in [0.2, 0.25) is 0 Å². The Morgan fingerprint density at radius 1 is 1.27 bits per heavy atom. The Bertz CT molecular complexity index is 676. The van der Waals surface area contributed by atoms with Crippen LogP contribution >= 0.6 is 0 Å². The summed E-state index contributed by atoms with van der Waals surface area (Å²) in [6, 6.07) is 8.21. The zero-order chi connectivity index (χ0) is 18.6. The molecular weight excluding hydrogens is 328 g/mol. The van der Waals surface area contributed by atoms with Crippen molar-refractivity contribution >= 4 is 0 Å². The lowest BCUT2D eigenvalue weighted by molar-refractivity contribution is -0.317. The van der Waals surface area contributed by atoms with E-state index in [1.807, 2.05) is 29.2 Å². The maximum atomic E-state index is 6.58. The number of rotatable bonds is 6. The van der Waals surface area contributed by atoms with Gasteiger partial charge in [-0.05, 0) is 36.0 Å². The number of aryl methyl sites for hydroxylation is 1. The molecule has 26 heavy (non-hydrogen) atoms. The van der Waals surface area contributed by atoms with Crippen molar-refractivity contribution in [3.8, 4) is 5.75 Å². The Balaban J connectivity index is 1.76. The first-order valence-corrected chi connectivity index (χ1v) is 9.31. The van der Waals surface area contributed by atoms with Gasteiger partial charge < -0.3 is 18.8 Å². The summed E-state index contributed by atoms with van der Waals surface area (Å²) in [5.74, 6) is 0.247. The highest BCUT2D eigenvalue weighted by atomic mass is 16.7. The van der Waals surface area contributed by atoms with Crippen LogP contribution in [0.1, 0.15) is 39.2 Å². The predicted molar refractivity (Wildman–Crippen MR) is 101 cm³/mol. The maximum Gasteiger partial charge on any atom is 0.186 e. The van der Waals surface area contributed by atoms with Crippen LogP contribution in [0.2, 0.25) is 0 Å². The second-order valence-corrected chi connectivity index (χ2v) is 8.10. The summed E-state index contributed by atoms with van der Waals surface area (Å²) in [7, 11) is 1.69. The van der Waals surface area contributed by atoms with Crippen LogP contribution in [-0.2, 0) is 22.4 Å². The van der Waals surface area contributed by atoms with Crippen molar-refractivity contribution in [3.63, 3.8) is 0 Å². The molecule has 1 aromatic carbocycles. The molecule has 1 aromatic heterocycles. The van der Waals surface area contributed by atoms with E-state index in [0.29, 0.717) is 6.54 Å². The molecule has 142 valence electrons. The topological polar surface area (TPSA) is 45.5 Å². The zero-order valence-electron chi connectivity index (χ0n) is 16.3. The van der Waals surface area contributed by atoms with Crippen molar-refractivity contribution in [2.45, 2.75) is 58.5 Å². The van der Waals surface area contributed by atoms with Gasteiger partial charge in [-0.15, -0.1) is 0 Å². The van der Waals surface area contributed by atoms with Gasteiger partial charge in [-0.25, -0.2) is 4.98 Å². The number of methoxy groups -OCH3 is 1. The van der Waals surface area contributed by atoms with Crippen LogP contribution in [0.25, 0.3) is 0 Å². The maximum absolute atomic E-state index is 6.58. The summed E-state index contributed by atoms with van der Waals surface area (Å²) in [5, 5.41) is 0. The number of hydrogen-bond acceptors (Lipinski definition) is 4. The molecule has 3 rings (SSSR count). The normalized spacial score (nSPS) is 23.8. The Hall–Kier alpha value is -1.85. The lowest BCUT2D eigenvalue weighted by atomic mass is 9.86. The summed E-state index contributed by atoms with van der Waals surface area (Å²) in [6.07, 6.45) is 8.36. The van der Waals surface area contributed by atoms with Crippen molar-refractivity contribution in [3.05, 3.63) is 48.5 Å². The van der Waals surface area contributed by atoms with E-state index in [4.69, 9.17) is 14.2 Å². The van der Waals surface area contributed by atoms with E-state index in [0.717, 1.165) is 31.6 Å². The van der Waals surface area contributed by atoms with E-state index in [1.54, 1.807) is 13.3 Å². The molecule has 2 unspecified atom stereocenters. The fraction of sp³-hybridized carbons (Fsp3) is 0.571. The second-order valence-electron chi connectivity index (χ2n) is 8.10. The first-order chi connectivity index (χ1) is 12.4. The van der Waals surface area contributed by atoms with E-state index in [2.05, 4.69) is 37.9 Å². The van der Waals surface area contributed by atoms with E-state index in [9.17, 15) is 0 Å². The molecule has 0 saturated carbocycles. The predicted octanol–water partition coefficient (Wildman–Crippen LogP) is 4.07. The van der Waals surface area contributed by atoms with Gasteiger partial charge in [-0.2, -0.15) is 0 Å². The van der Waals surface area contributed by atoms with Crippen molar-refractivity contribution in [1.82, 2.24) is 9.55 Å². The van der Waals surface area contributed by atoms with Crippen LogP contribution in [-0.4, -0.2) is 35.2 Å². The SMILES string of the molecule is COc1ccc(CCC2(Cn3ccnc3)OCCC(C(C)(C)C)O2)cc1. The van der Waals surface area contributed by atoms with Crippen LogP contribution in [0.4, 0.5) is 0 Å². The van der Waals surface area contributed by atoms with Crippen LogP contribution in [0.5, 0.6) is 5.75 Å². The minimum absolute atomic E-state index is 0.0874. The highest BCUT2D eigenvalue weighted by Gasteiger charge is 2.42. The molecule has 1 aliphatic heterocycles. The monoisotopic (exact) mass is 358 g/mol. The molecule has 0 radical (unpaired) electrons. The van der Waals surface area contributed by atoms with E-state index < -0.39 is 5.79 Å². The van der Waals surface area contributed by atoms with Gasteiger partial charge >= 0.3 is 0 Å². The van der Waals surface area contributed by atoms with Crippen molar-refractivity contribution < 1.29 is 14.2 Å². The fourth-order valence-corrected chi connectivity index (χ4v) is 3.39. The molecule has 2 aromatic rings. The summed E-state index contributed by atoms with van der Waals surface area (Å²) in [4.78, 5) is 4.16. The number of imidazole rings is 1. The molecule has 0 bridgehead atoms. The van der Waals surface area contributed by atoms with Gasteiger partial charge in [0, 0.05) is 18.8 Å². The second kappa shape index (κ2) is 7.80. The third-order valence-corrected chi connectivity index (χ3v) is 5.00. The number of nitrogens with zero attached hydrogens (tertiary/aromatic N) is 2. The standard InChI is InChI=1S/C21H30N2O3/c1-20(2,3)19-10-14-25-21(26-19,15-23-13-12-22-16-23)11-9-17-5-7-18(24-4)8-6-17/h5-8,12-13,16,19H,9-11,14-15H2,1-4H3. The Morgan fingerprint density at radius 3 is 2.65 bits per heavy atom. The largest absolute Gasteiger partial charge is 0.497 e. The van der Waals surface area contributed by atoms with E-state index in [-0.39, 0.29) is 11.5 Å². The molecule has 2 atom stereocenters. The van der Waals surface area contributed by atoms with Gasteiger partial charge in [0.05, 0.1) is 32.7 Å². The van der Waals surface area contributed by atoms with Crippen LogP contribution in [0.3, 0.4) is 0 Å². The van der Waals surface area contributed by atoms with E-state index >= 15 is 0 Å². The van der Waals surface area contributed by atoms with Gasteiger partial charge in [0.25, 0.3) is 0 Å². The third kappa shape index (κ3) is 4.65. The first kappa shape index (κ1) is 18.9. The minimum Gasteiger partial charge on any atom is -0.497 e. The Morgan fingerprint density at radius 2 is 2.04 bits per heavy atom. The molecule has 0 amide bonds. The number of hydrogen-bond donors (Lipinski definition) is 0. The van der Waals surface area contributed by atoms with Crippen molar-refractivity contribution in [2.75, 3.05) is 13.7 Å². The minimum atomic E-state index is -0.628. The molecule has 0 N–H and O–H groups in total. The fourth-order valence-electron chi connectivity index (χ4n) is 3.39. The summed E-state index contributed by atoms with van der Waals surface area (Å²) in [6.45, 7) is 8.06. The number of aromatic nitrogens is 2. The molecule has 0 spiro atoms. The molecule has 1 fully saturated rings. The van der Waals surface area contributed by atoms with Crippen LogP contribution < -0.4 is 4.74 Å². The highest BCUT2D eigenvalue weighted by molar-refractivity contribution is 5.27. The van der Waals surface area contributed by atoms with Gasteiger partial charge in [-0.1, -0.05) is 32.9 Å². The van der Waals surface area contributed by atoms with Crippen molar-refractivity contribution in [2.24, 2.45) is 5.41 Å². The molecule has 5 nitrogen and oxygen atoms in total. The zero-order valence-corrected chi connectivity index (χ0v) is 16.3. The quantitative estimate of drug-likeness (QED) is 0.781. The lowest BCUT2D eigenvalue weighted by Gasteiger charge is -2.45. The molecule has 1 aliphatic rings. The number of benzene rings is 1. The van der Waals surface area contributed by atoms with Gasteiger partial charge in [0.1, 0.15) is 5.75 Å². The van der Waals surface area contributed by atoms with Gasteiger partial charge in [-0.3, -0.25) is 0 Å². The van der Waals surface area contributed by atoms with Gasteiger partial charge in [0.15, 0.2) is 5.79 Å². The Kier molecular flexibility index (Phi) is 5.68. The molecular formula is C21H30N2O3. The Labute approximate surface area is 156 Å². The van der Waals surface area contributed by atoms with Crippen molar-refractivity contribution in [1.29, 1.82) is 0 Å². The summed E-state index contributed by atoms with van der Waals surface area (Å²) in [5.41, 5.74) is 1.34.